The lowest BCUT2D eigenvalue weighted by molar-refractivity contribution is 0.0944. The molecule has 2 aromatic carbocycles. The first-order valence-corrected chi connectivity index (χ1v) is 8.85. The summed E-state index contributed by atoms with van der Waals surface area (Å²) in [7, 11) is 1.95. The topological polar surface area (TPSA) is 54.6 Å². The molecule has 0 radical (unpaired) electrons. The van der Waals surface area contributed by atoms with Crippen molar-refractivity contribution in [1.29, 1.82) is 0 Å². The van der Waals surface area contributed by atoms with Gasteiger partial charge in [0.05, 0.1) is 6.54 Å². The Morgan fingerprint density at radius 2 is 2.04 bits per heavy atom. The number of fused-ring (bicyclic) bond motifs is 2. The highest BCUT2D eigenvalue weighted by molar-refractivity contribution is 6.09. The van der Waals surface area contributed by atoms with E-state index in [0.29, 0.717) is 13.1 Å². The van der Waals surface area contributed by atoms with Crippen molar-refractivity contribution < 1.29 is 14.3 Å². The average molecular weight is 350 g/mol. The predicted molar refractivity (Wildman–Crippen MR) is 101 cm³/mol. The molecular formula is C21H22N2O3. The van der Waals surface area contributed by atoms with Crippen molar-refractivity contribution in [3.05, 3.63) is 59.3 Å². The summed E-state index contributed by atoms with van der Waals surface area (Å²) in [6, 6.07) is 12.0. The molecule has 0 spiro atoms. The van der Waals surface area contributed by atoms with Crippen LogP contribution in [0.25, 0.3) is 10.9 Å². The van der Waals surface area contributed by atoms with Gasteiger partial charge in [0.2, 0.25) is 6.79 Å². The number of hydrogen-bond acceptors (Lipinski definition) is 4. The van der Waals surface area contributed by atoms with Crippen molar-refractivity contribution in [2.75, 3.05) is 20.4 Å². The quantitative estimate of drug-likeness (QED) is 0.688. The van der Waals surface area contributed by atoms with E-state index in [1.54, 1.807) is 0 Å². The van der Waals surface area contributed by atoms with E-state index in [0.717, 1.165) is 39.9 Å². The molecule has 0 atom stereocenters. The van der Waals surface area contributed by atoms with E-state index in [9.17, 15) is 4.79 Å². The number of aromatic amines is 1. The van der Waals surface area contributed by atoms with Gasteiger partial charge >= 0.3 is 0 Å². The number of ether oxygens (including phenoxy) is 2. The molecule has 134 valence electrons. The number of ketones is 1. The molecule has 1 aliphatic rings. The number of carbonyl (C=O) groups excluding carboxylic acids is 1. The smallest absolute Gasteiger partial charge is 0.231 e. The summed E-state index contributed by atoms with van der Waals surface area (Å²) in [4.78, 5) is 18.1. The molecule has 0 fully saturated rings. The molecule has 0 saturated carbocycles. The SMILES string of the molecule is CCc1cccc2c(C(=O)CN(C)Cc3ccc4c(c3)OCO4)c[nH]c12. The van der Waals surface area contributed by atoms with Crippen LogP contribution in [0.15, 0.2) is 42.6 Å². The summed E-state index contributed by atoms with van der Waals surface area (Å²) in [6.07, 6.45) is 2.77. The van der Waals surface area contributed by atoms with Crippen LogP contribution in [0.5, 0.6) is 11.5 Å². The third-order valence-electron chi connectivity index (χ3n) is 4.79. The number of Topliss-reactive ketones (excluding diaryl/α,β-unsaturated/α-hetero) is 1. The molecule has 26 heavy (non-hydrogen) atoms. The van der Waals surface area contributed by atoms with Gasteiger partial charge in [-0.1, -0.05) is 31.2 Å². The number of hydrogen-bond donors (Lipinski definition) is 1. The van der Waals surface area contributed by atoms with Crippen molar-refractivity contribution in [3.63, 3.8) is 0 Å². The van der Waals surface area contributed by atoms with Gasteiger partial charge in [0.15, 0.2) is 17.3 Å². The Balaban J connectivity index is 1.48. The van der Waals surface area contributed by atoms with Gasteiger partial charge in [-0.15, -0.1) is 0 Å². The number of para-hydroxylation sites is 1. The highest BCUT2D eigenvalue weighted by Gasteiger charge is 2.17. The number of H-pyrrole nitrogens is 1. The Bertz CT molecular complexity index is 961. The summed E-state index contributed by atoms with van der Waals surface area (Å²) >= 11 is 0. The first-order chi connectivity index (χ1) is 12.7. The number of aromatic nitrogens is 1. The van der Waals surface area contributed by atoms with Gasteiger partial charge in [0.1, 0.15) is 0 Å². The lowest BCUT2D eigenvalue weighted by Crippen LogP contribution is -2.25. The number of rotatable bonds is 6. The van der Waals surface area contributed by atoms with E-state index in [2.05, 4.69) is 18.0 Å². The lowest BCUT2D eigenvalue weighted by atomic mass is 10.0. The Morgan fingerprint density at radius 3 is 2.88 bits per heavy atom. The number of nitrogens with one attached hydrogen (secondary N) is 1. The van der Waals surface area contributed by atoms with Gasteiger partial charge < -0.3 is 14.5 Å². The van der Waals surface area contributed by atoms with Crippen molar-refractivity contribution in [3.8, 4) is 11.5 Å². The first kappa shape index (κ1) is 16.7. The van der Waals surface area contributed by atoms with Gasteiger partial charge in [-0.2, -0.15) is 0 Å². The normalized spacial score (nSPS) is 12.9. The van der Waals surface area contributed by atoms with Crippen LogP contribution in [0.2, 0.25) is 0 Å². The number of aryl methyl sites for hydroxylation is 1. The lowest BCUT2D eigenvalue weighted by Gasteiger charge is -2.16. The Kier molecular flexibility index (Phi) is 4.39. The molecule has 1 aliphatic heterocycles. The molecule has 0 unspecified atom stereocenters. The first-order valence-electron chi connectivity index (χ1n) is 8.85. The van der Waals surface area contributed by atoms with E-state index < -0.39 is 0 Å². The molecule has 5 nitrogen and oxygen atoms in total. The van der Waals surface area contributed by atoms with Crippen LogP contribution in [-0.4, -0.2) is 36.1 Å². The van der Waals surface area contributed by atoms with E-state index in [1.165, 1.54) is 5.56 Å². The van der Waals surface area contributed by atoms with Gasteiger partial charge in [0.25, 0.3) is 0 Å². The second-order valence-electron chi connectivity index (χ2n) is 6.68. The molecular weight excluding hydrogens is 328 g/mol. The molecule has 0 saturated heterocycles. The summed E-state index contributed by atoms with van der Waals surface area (Å²) in [5.41, 5.74) is 4.15. The maximum absolute atomic E-state index is 12.8. The number of carbonyl (C=O) groups is 1. The van der Waals surface area contributed by atoms with Crippen LogP contribution < -0.4 is 9.47 Å². The standard InChI is InChI=1S/C21H22N2O3/c1-3-15-5-4-6-16-17(10-22-21(15)16)18(24)12-23(2)11-14-7-8-19-20(9-14)26-13-25-19/h4-10,22H,3,11-13H2,1-2H3. The minimum atomic E-state index is 0.118. The summed E-state index contributed by atoms with van der Waals surface area (Å²) in [5.74, 6) is 1.66. The highest BCUT2D eigenvalue weighted by atomic mass is 16.7. The van der Waals surface area contributed by atoms with Crippen molar-refractivity contribution >= 4 is 16.7 Å². The fourth-order valence-electron chi connectivity index (χ4n) is 3.48. The van der Waals surface area contributed by atoms with E-state index in [1.807, 2.05) is 48.5 Å². The van der Waals surface area contributed by atoms with Crippen LogP contribution >= 0.6 is 0 Å². The van der Waals surface area contributed by atoms with E-state index in [-0.39, 0.29) is 12.6 Å². The van der Waals surface area contributed by atoms with Crippen molar-refractivity contribution in [2.45, 2.75) is 19.9 Å². The monoisotopic (exact) mass is 350 g/mol. The fraction of sp³-hybridized carbons (Fsp3) is 0.286. The zero-order valence-electron chi connectivity index (χ0n) is 15.0. The molecule has 0 aliphatic carbocycles. The van der Waals surface area contributed by atoms with Gasteiger partial charge in [0, 0.05) is 29.2 Å². The molecule has 4 rings (SSSR count). The van der Waals surface area contributed by atoms with Crippen LogP contribution in [0.1, 0.15) is 28.4 Å². The summed E-state index contributed by atoms with van der Waals surface area (Å²) in [5, 5.41) is 1.01. The van der Waals surface area contributed by atoms with Crippen LogP contribution in [0, 0.1) is 0 Å². The zero-order valence-corrected chi connectivity index (χ0v) is 15.0. The second-order valence-corrected chi connectivity index (χ2v) is 6.68. The maximum atomic E-state index is 12.8. The van der Waals surface area contributed by atoms with Crippen molar-refractivity contribution in [1.82, 2.24) is 9.88 Å². The van der Waals surface area contributed by atoms with Gasteiger partial charge in [-0.05, 0) is 36.7 Å². The van der Waals surface area contributed by atoms with Crippen LogP contribution in [0.4, 0.5) is 0 Å². The largest absolute Gasteiger partial charge is 0.454 e. The number of nitrogens with zero attached hydrogens (tertiary/aromatic N) is 1. The summed E-state index contributed by atoms with van der Waals surface area (Å²) in [6.45, 7) is 3.42. The Hall–Kier alpha value is -2.79. The Labute approximate surface area is 152 Å². The minimum Gasteiger partial charge on any atom is -0.454 e. The zero-order chi connectivity index (χ0) is 18.1. The third kappa shape index (κ3) is 3.06. The van der Waals surface area contributed by atoms with Gasteiger partial charge in [-0.25, -0.2) is 0 Å². The molecule has 0 amide bonds. The average Bonchev–Trinajstić information content (AvgIpc) is 3.27. The highest BCUT2D eigenvalue weighted by Crippen LogP contribution is 2.32. The minimum absolute atomic E-state index is 0.118. The molecule has 1 aromatic heterocycles. The third-order valence-corrected chi connectivity index (χ3v) is 4.79. The van der Waals surface area contributed by atoms with Crippen molar-refractivity contribution in [2.24, 2.45) is 0 Å². The van der Waals surface area contributed by atoms with Crippen LogP contribution in [-0.2, 0) is 13.0 Å². The van der Waals surface area contributed by atoms with E-state index >= 15 is 0 Å². The summed E-state index contributed by atoms with van der Waals surface area (Å²) < 4.78 is 10.8. The molecule has 0 bridgehead atoms. The predicted octanol–water partition coefficient (Wildman–Crippen LogP) is 3.77. The molecule has 5 heteroatoms. The second kappa shape index (κ2) is 6.84. The van der Waals surface area contributed by atoms with E-state index in [4.69, 9.17) is 9.47 Å². The number of benzene rings is 2. The number of likely N-dealkylation sites (N-methyl/N-ethyl adjacent to an activating group) is 1. The molecule has 3 aromatic rings. The Morgan fingerprint density at radius 1 is 1.19 bits per heavy atom. The molecule has 2 heterocycles. The van der Waals surface area contributed by atoms with Crippen LogP contribution in [0.3, 0.4) is 0 Å². The fourth-order valence-corrected chi connectivity index (χ4v) is 3.48. The van der Waals surface area contributed by atoms with Gasteiger partial charge in [-0.3, -0.25) is 9.69 Å². The maximum Gasteiger partial charge on any atom is 0.231 e. The molecule has 1 N–H and O–H groups in total.